The molecule has 0 rings (SSSR count). The van der Waals surface area contributed by atoms with E-state index in [2.05, 4.69) is 0 Å². The molecule has 53 valence electrons. The third-order valence-electron chi connectivity index (χ3n) is 1.16. The Kier molecular flexibility index (Phi) is 7.26. The lowest BCUT2D eigenvalue weighted by Gasteiger charge is -1.91. The van der Waals surface area contributed by atoms with E-state index in [-0.39, 0.29) is 6.67 Å². The van der Waals surface area contributed by atoms with E-state index in [0.29, 0.717) is 12.8 Å². The molecule has 0 aromatic rings. The normalized spacial score (nSPS) is 9.44. The molecule has 9 heavy (non-hydrogen) atoms. The summed E-state index contributed by atoms with van der Waals surface area (Å²) in [5.74, 6) is 0. The lowest BCUT2D eigenvalue weighted by Crippen LogP contribution is -1.80. The van der Waals surface area contributed by atoms with Gasteiger partial charge in [0.05, 0.1) is 6.67 Å². The topological polar surface area (TPSA) is 17.1 Å². The van der Waals surface area contributed by atoms with Crippen molar-refractivity contribution in [1.29, 1.82) is 0 Å². The lowest BCUT2D eigenvalue weighted by molar-refractivity contribution is 0.453. The highest BCUT2D eigenvalue weighted by Gasteiger charge is 1.87. The molecule has 0 aliphatic rings. The van der Waals surface area contributed by atoms with Gasteiger partial charge in [-0.25, -0.2) is 0 Å². The van der Waals surface area contributed by atoms with Crippen molar-refractivity contribution in [3.05, 3.63) is 0 Å². The smallest absolute Gasteiger partial charge is 0.198 e. The van der Waals surface area contributed by atoms with Crippen LogP contribution in [0.25, 0.3) is 0 Å². The van der Waals surface area contributed by atoms with Gasteiger partial charge in [-0.1, -0.05) is 12.8 Å². The molecule has 0 fully saturated rings. The molecule has 1 radical (unpaired) electrons. The first-order chi connectivity index (χ1) is 4.41. The third kappa shape index (κ3) is 7.60. The van der Waals surface area contributed by atoms with Crippen molar-refractivity contribution in [3.63, 3.8) is 0 Å². The second-order valence-corrected chi connectivity index (χ2v) is 2.00. The maximum atomic E-state index is 11.4. The van der Waals surface area contributed by atoms with Crippen LogP contribution in [-0.4, -0.2) is 13.0 Å². The van der Waals surface area contributed by atoms with E-state index >= 15 is 0 Å². The first-order valence-corrected chi connectivity index (χ1v) is 3.32. The number of carbonyl (C=O) groups excluding carboxylic acids is 1. The summed E-state index contributed by atoms with van der Waals surface area (Å²) in [6.45, 7) is -0.231. The number of unbranched alkanes of at least 4 members (excludes halogenated alkanes) is 4. The van der Waals surface area contributed by atoms with Crippen LogP contribution in [0.3, 0.4) is 0 Å². The summed E-state index contributed by atoms with van der Waals surface area (Å²) in [5, 5.41) is 0. The van der Waals surface area contributed by atoms with Gasteiger partial charge in [0.1, 0.15) is 0 Å². The minimum atomic E-state index is -0.231. The molecule has 1 nitrogen and oxygen atoms in total. The zero-order valence-corrected chi connectivity index (χ0v) is 5.53. The van der Waals surface area contributed by atoms with Crippen LogP contribution in [0, 0.1) is 0 Å². The van der Waals surface area contributed by atoms with Crippen molar-refractivity contribution in [3.8, 4) is 0 Å². The Morgan fingerprint density at radius 1 is 1.11 bits per heavy atom. The Labute approximate surface area is 55.3 Å². The molecular formula is C7H12FO. The van der Waals surface area contributed by atoms with Gasteiger partial charge in [-0.15, -0.1) is 0 Å². The van der Waals surface area contributed by atoms with E-state index in [4.69, 9.17) is 0 Å². The van der Waals surface area contributed by atoms with Crippen molar-refractivity contribution in [2.75, 3.05) is 6.67 Å². The highest BCUT2D eigenvalue weighted by atomic mass is 19.1. The molecule has 0 saturated carbocycles. The highest BCUT2D eigenvalue weighted by molar-refractivity contribution is 5.50. The van der Waals surface area contributed by atoms with Crippen molar-refractivity contribution in [2.45, 2.75) is 32.1 Å². The zero-order chi connectivity index (χ0) is 6.95. The molecule has 0 aromatic heterocycles. The molecule has 0 amide bonds. The second-order valence-electron chi connectivity index (χ2n) is 2.00. The fraction of sp³-hybridized carbons (Fsp3) is 0.857. The van der Waals surface area contributed by atoms with Gasteiger partial charge < -0.3 is 0 Å². The molecule has 2 heteroatoms. The number of halogens is 1. The Hall–Kier alpha value is -0.400. The van der Waals surface area contributed by atoms with Crippen molar-refractivity contribution in [2.24, 2.45) is 0 Å². The van der Waals surface area contributed by atoms with Crippen LogP contribution in [-0.2, 0) is 4.79 Å². The van der Waals surface area contributed by atoms with E-state index in [1.54, 1.807) is 6.29 Å². The number of alkyl halides is 1. The average Bonchev–Trinajstić information content (AvgIpc) is 1.89. The first kappa shape index (κ1) is 8.60. The van der Waals surface area contributed by atoms with E-state index in [0.717, 1.165) is 19.3 Å². The summed E-state index contributed by atoms with van der Waals surface area (Å²) in [7, 11) is 0. The zero-order valence-electron chi connectivity index (χ0n) is 5.53. The largest absolute Gasteiger partial charge is 0.291 e. The van der Waals surface area contributed by atoms with Gasteiger partial charge in [0.15, 0.2) is 6.29 Å². The maximum Gasteiger partial charge on any atom is 0.198 e. The third-order valence-corrected chi connectivity index (χ3v) is 1.16. The van der Waals surface area contributed by atoms with E-state index in [1.807, 2.05) is 0 Å². The molecule has 0 aliphatic carbocycles. The second kappa shape index (κ2) is 7.60. The standard InChI is InChI=1S/C7H12FO/c8-6-4-2-1-3-5-7-9/h1-6H2. The molecule has 0 unspecified atom stereocenters. The van der Waals surface area contributed by atoms with Crippen LogP contribution < -0.4 is 0 Å². The van der Waals surface area contributed by atoms with Gasteiger partial charge in [0.25, 0.3) is 0 Å². The Morgan fingerprint density at radius 2 is 1.78 bits per heavy atom. The Balaban J connectivity index is 2.66. The van der Waals surface area contributed by atoms with Crippen LogP contribution in [0.2, 0.25) is 0 Å². The van der Waals surface area contributed by atoms with Gasteiger partial charge >= 0.3 is 0 Å². The number of rotatable bonds is 6. The summed E-state index contributed by atoms with van der Waals surface area (Å²) in [6.07, 6.45) is 5.67. The molecule has 0 atom stereocenters. The molecule has 0 heterocycles. The molecule has 0 bridgehead atoms. The van der Waals surface area contributed by atoms with E-state index in [1.165, 1.54) is 0 Å². The van der Waals surface area contributed by atoms with Crippen LogP contribution >= 0.6 is 0 Å². The molecule has 0 aromatic carbocycles. The fourth-order valence-corrected chi connectivity index (χ4v) is 0.645. The summed E-state index contributed by atoms with van der Waals surface area (Å²) in [5.41, 5.74) is 0. The van der Waals surface area contributed by atoms with E-state index < -0.39 is 0 Å². The van der Waals surface area contributed by atoms with Crippen LogP contribution in [0.5, 0.6) is 0 Å². The quantitative estimate of drug-likeness (QED) is 0.504. The van der Waals surface area contributed by atoms with Crippen molar-refractivity contribution >= 4 is 6.29 Å². The minimum Gasteiger partial charge on any atom is -0.291 e. The van der Waals surface area contributed by atoms with Crippen LogP contribution in [0.4, 0.5) is 4.39 Å². The van der Waals surface area contributed by atoms with Crippen LogP contribution in [0.15, 0.2) is 0 Å². The van der Waals surface area contributed by atoms with Crippen molar-refractivity contribution < 1.29 is 9.18 Å². The Bertz CT molecular complexity index is 63.9. The Morgan fingerprint density at radius 3 is 2.33 bits per heavy atom. The fourth-order valence-electron chi connectivity index (χ4n) is 0.645. The minimum absolute atomic E-state index is 0.231. The molecule has 0 N–H and O–H groups in total. The van der Waals surface area contributed by atoms with Crippen molar-refractivity contribution in [1.82, 2.24) is 0 Å². The predicted octanol–water partition coefficient (Wildman–Crippen LogP) is 2.02. The SMILES string of the molecule is O=[C]CCCCCCF. The van der Waals surface area contributed by atoms with Gasteiger partial charge in [0.2, 0.25) is 0 Å². The van der Waals surface area contributed by atoms with Gasteiger partial charge in [0, 0.05) is 6.42 Å². The predicted molar refractivity (Wildman–Crippen MR) is 34.8 cm³/mol. The summed E-state index contributed by atoms with van der Waals surface area (Å²) in [6, 6.07) is 0. The average molecular weight is 131 g/mol. The highest BCUT2D eigenvalue weighted by Crippen LogP contribution is 2.00. The van der Waals surface area contributed by atoms with Gasteiger partial charge in [-0.3, -0.25) is 9.18 Å². The molecule has 0 aliphatic heterocycles. The summed E-state index contributed by atoms with van der Waals surface area (Å²) in [4.78, 5) is 9.64. The molecule has 0 saturated heterocycles. The van der Waals surface area contributed by atoms with E-state index in [9.17, 15) is 9.18 Å². The summed E-state index contributed by atoms with van der Waals surface area (Å²) >= 11 is 0. The van der Waals surface area contributed by atoms with Gasteiger partial charge in [-0.2, -0.15) is 0 Å². The number of hydrogen-bond donors (Lipinski definition) is 0. The molecule has 0 spiro atoms. The number of hydrogen-bond acceptors (Lipinski definition) is 1. The molecular weight excluding hydrogens is 119 g/mol. The maximum absolute atomic E-state index is 11.4. The first-order valence-electron chi connectivity index (χ1n) is 3.32. The van der Waals surface area contributed by atoms with Crippen LogP contribution in [0.1, 0.15) is 32.1 Å². The monoisotopic (exact) mass is 131 g/mol. The lowest BCUT2D eigenvalue weighted by atomic mass is 10.2. The summed E-state index contributed by atoms with van der Waals surface area (Å²) < 4.78 is 11.4. The van der Waals surface area contributed by atoms with Gasteiger partial charge in [-0.05, 0) is 12.8 Å².